The molecule has 0 saturated heterocycles. The van der Waals surface area contributed by atoms with Crippen LogP contribution in [0.15, 0.2) is 22.8 Å². The van der Waals surface area contributed by atoms with E-state index in [-0.39, 0.29) is 12.6 Å². The van der Waals surface area contributed by atoms with Crippen LogP contribution >= 0.6 is 0 Å². The van der Waals surface area contributed by atoms with Gasteiger partial charge in [-0.3, -0.25) is 0 Å². The van der Waals surface area contributed by atoms with E-state index in [1.54, 1.807) is 6.26 Å². The molecule has 1 heterocycles. The molecular formula is C13H21NO2. The molecule has 90 valence electrons. The monoisotopic (exact) mass is 223 g/mol. The second kappa shape index (κ2) is 6.06. The highest BCUT2D eigenvalue weighted by molar-refractivity contribution is 5.04. The first-order chi connectivity index (χ1) is 7.90. The summed E-state index contributed by atoms with van der Waals surface area (Å²) in [4.78, 5) is 0. The molecule has 1 atom stereocenters. The van der Waals surface area contributed by atoms with E-state index in [0.717, 1.165) is 18.2 Å². The molecule has 2 N–H and O–H groups in total. The molecule has 3 heteroatoms. The summed E-state index contributed by atoms with van der Waals surface area (Å²) in [5.41, 5.74) is 0. The lowest BCUT2D eigenvalue weighted by molar-refractivity contribution is 0.214. The lowest BCUT2D eigenvalue weighted by Crippen LogP contribution is -2.30. The Morgan fingerprint density at radius 3 is 2.81 bits per heavy atom. The molecule has 1 unspecified atom stereocenters. The van der Waals surface area contributed by atoms with Crippen LogP contribution in [0.3, 0.4) is 0 Å². The van der Waals surface area contributed by atoms with Gasteiger partial charge in [0.1, 0.15) is 5.76 Å². The summed E-state index contributed by atoms with van der Waals surface area (Å²) in [5, 5.41) is 12.7. The largest absolute Gasteiger partial charge is 0.468 e. The molecule has 1 aliphatic rings. The van der Waals surface area contributed by atoms with E-state index in [1.165, 1.54) is 32.1 Å². The topological polar surface area (TPSA) is 45.4 Å². The predicted molar refractivity (Wildman–Crippen MR) is 63.1 cm³/mol. The van der Waals surface area contributed by atoms with Gasteiger partial charge in [0.15, 0.2) is 0 Å². The second-order valence-corrected chi connectivity index (χ2v) is 4.66. The fourth-order valence-corrected chi connectivity index (χ4v) is 2.44. The Balaban J connectivity index is 1.78. The fraction of sp³-hybridized carbons (Fsp3) is 0.692. The van der Waals surface area contributed by atoms with Crippen molar-refractivity contribution in [3.63, 3.8) is 0 Å². The van der Waals surface area contributed by atoms with E-state index in [9.17, 15) is 5.11 Å². The Kier molecular flexibility index (Phi) is 4.43. The summed E-state index contributed by atoms with van der Waals surface area (Å²) in [5.74, 6) is 1.61. The van der Waals surface area contributed by atoms with Gasteiger partial charge in [-0.1, -0.05) is 19.3 Å². The van der Waals surface area contributed by atoms with Crippen LogP contribution in [0.5, 0.6) is 0 Å². The molecule has 0 spiro atoms. The summed E-state index contributed by atoms with van der Waals surface area (Å²) >= 11 is 0. The standard InChI is InChI=1S/C13H21NO2/c15-10-12(13-7-4-8-16-13)14-9-11-5-2-1-3-6-11/h4,7-8,11-12,14-15H,1-3,5-6,9-10H2. The minimum Gasteiger partial charge on any atom is -0.468 e. The smallest absolute Gasteiger partial charge is 0.123 e. The van der Waals surface area contributed by atoms with Crippen LogP contribution in [0.25, 0.3) is 0 Å². The Bertz CT molecular complexity index is 278. The summed E-state index contributed by atoms with van der Waals surface area (Å²) in [6, 6.07) is 3.73. The molecule has 1 fully saturated rings. The molecule has 1 aliphatic carbocycles. The molecule has 1 saturated carbocycles. The maximum absolute atomic E-state index is 9.30. The zero-order valence-corrected chi connectivity index (χ0v) is 9.69. The van der Waals surface area contributed by atoms with Crippen molar-refractivity contribution in [2.24, 2.45) is 5.92 Å². The lowest BCUT2D eigenvalue weighted by Gasteiger charge is -2.24. The quantitative estimate of drug-likeness (QED) is 0.806. The van der Waals surface area contributed by atoms with Gasteiger partial charge in [-0.15, -0.1) is 0 Å². The summed E-state index contributed by atoms with van der Waals surface area (Å²) in [7, 11) is 0. The summed E-state index contributed by atoms with van der Waals surface area (Å²) in [6.07, 6.45) is 8.40. The molecule has 0 radical (unpaired) electrons. The number of hydrogen-bond donors (Lipinski definition) is 2. The highest BCUT2D eigenvalue weighted by atomic mass is 16.3. The summed E-state index contributed by atoms with van der Waals surface area (Å²) < 4.78 is 5.30. The lowest BCUT2D eigenvalue weighted by atomic mass is 9.89. The van der Waals surface area contributed by atoms with E-state index < -0.39 is 0 Å². The molecule has 1 aromatic heterocycles. The fourth-order valence-electron chi connectivity index (χ4n) is 2.44. The molecule has 2 rings (SSSR count). The number of aliphatic hydroxyl groups excluding tert-OH is 1. The van der Waals surface area contributed by atoms with E-state index in [4.69, 9.17) is 4.42 Å². The third kappa shape index (κ3) is 3.09. The van der Waals surface area contributed by atoms with Crippen LogP contribution in [0, 0.1) is 5.92 Å². The Labute approximate surface area is 96.8 Å². The maximum atomic E-state index is 9.30. The SMILES string of the molecule is OCC(NCC1CCCCC1)c1ccco1. The Morgan fingerprint density at radius 1 is 1.38 bits per heavy atom. The molecule has 3 nitrogen and oxygen atoms in total. The minimum absolute atomic E-state index is 0.0445. The number of nitrogens with one attached hydrogen (secondary N) is 1. The van der Waals surface area contributed by atoms with Crippen LogP contribution in [-0.4, -0.2) is 18.3 Å². The van der Waals surface area contributed by atoms with Crippen molar-refractivity contribution in [2.45, 2.75) is 38.1 Å². The van der Waals surface area contributed by atoms with Gasteiger partial charge in [-0.2, -0.15) is 0 Å². The normalized spacial score (nSPS) is 19.8. The van der Waals surface area contributed by atoms with E-state index in [0.29, 0.717) is 0 Å². The van der Waals surface area contributed by atoms with Crippen molar-refractivity contribution >= 4 is 0 Å². The van der Waals surface area contributed by atoms with Gasteiger partial charge in [0.2, 0.25) is 0 Å². The highest BCUT2D eigenvalue weighted by Crippen LogP contribution is 2.23. The first-order valence-electron chi connectivity index (χ1n) is 6.28. The van der Waals surface area contributed by atoms with Gasteiger partial charge in [0.25, 0.3) is 0 Å². The van der Waals surface area contributed by atoms with Crippen molar-refractivity contribution in [1.29, 1.82) is 0 Å². The highest BCUT2D eigenvalue weighted by Gasteiger charge is 2.17. The van der Waals surface area contributed by atoms with E-state index >= 15 is 0 Å². The number of rotatable bonds is 5. The van der Waals surface area contributed by atoms with Crippen molar-refractivity contribution < 1.29 is 9.52 Å². The van der Waals surface area contributed by atoms with Crippen LogP contribution < -0.4 is 5.32 Å². The van der Waals surface area contributed by atoms with Crippen molar-refractivity contribution in [3.05, 3.63) is 24.2 Å². The Morgan fingerprint density at radius 2 is 2.19 bits per heavy atom. The van der Waals surface area contributed by atoms with Gasteiger partial charge in [-0.25, -0.2) is 0 Å². The first kappa shape index (κ1) is 11.7. The third-order valence-electron chi connectivity index (χ3n) is 3.45. The molecule has 16 heavy (non-hydrogen) atoms. The molecule has 0 amide bonds. The van der Waals surface area contributed by atoms with Crippen LogP contribution in [0.4, 0.5) is 0 Å². The Hall–Kier alpha value is -0.800. The van der Waals surface area contributed by atoms with Crippen LogP contribution in [0.2, 0.25) is 0 Å². The van der Waals surface area contributed by atoms with Crippen molar-refractivity contribution in [3.8, 4) is 0 Å². The van der Waals surface area contributed by atoms with Crippen molar-refractivity contribution in [1.82, 2.24) is 5.32 Å². The molecule has 0 aromatic carbocycles. The first-order valence-corrected chi connectivity index (χ1v) is 6.28. The van der Waals surface area contributed by atoms with Crippen molar-refractivity contribution in [2.75, 3.05) is 13.2 Å². The molecule has 0 aliphatic heterocycles. The second-order valence-electron chi connectivity index (χ2n) is 4.66. The van der Waals surface area contributed by atoms with E-state index in [1.807, 2.05) is 12.1 Å². The van der Waals surface area contributed by atoms with Crippen LogP contribution in [0.1, 0.15) is 43.9 Å². The molecule has 0 bridgehead atoms. The summed E-state index contributed by atoms with van der Waals surface area (Å²) in [6.45, 7) is 1.09. The predicted octanol–water partition coefficient (Wildman–Crippen LogP) is 2.48. The molecule has 1 aromatic rings. The molecular weight excluding hydrogens is 202 g/mol. The number of hydrogen-bond acceptors (Lipinski definition) is 3. The van der Waals surface area contributed by atoms with Gasteiger partial charge < -0.3 is 14.8 Å². The average molecular weight is 223 g/mol. The van der Waals surface area contributed by atoms with Gasteiger partial charge in [-0.05, 0) is 37.4 Å². The zero-order chi connectivity index (χ0) is 11.2. The third-order valence-corrected chi connectivity index (χ3v) is 3.45. The number of aliphatic hydroxyl groups is 1. The zero-order valence-electron chi connectivity index (χ0n) is 9.69. The van der Waals surface area contributed by atoms with E-state index in [2.05, 4.69) is 5.32 Å². The van der Waals surface area contributed by atoms with Crippen LogP contribution in [-0.2, 0) is 0 Å². The minimum atomic E-state index is -0.0445. The maximum Gasteiger partial charge on any atom is 0.123 e. The van der Waals surface area contributed by atoms with Gasteiger partial charge >= 0.3 is 0 Å². The van der Waals surface area contributed by atoms with Gasteiger partial charge in [0.05, 0.1) is 18.9 Å². The van der Waals surface area contributed by atoms with Gasteiger partial charge in [0, 0.05) is 0 Å². The number of furan rings is 1. The average Bonchev–Trinajstić information content (AvgIpc) is 2.85.